The van der Waals surface area contributed by atoms with E-state index in [2.05, 4.69) is 36.3 Å². The van der Waals surface area contributed by atoms with Gasteiger partial charge in [-0.05, 0) is 23.1 Å². The van der Waals surface area contributed by atoms with Crippen LogP contribution in [0.2, 0.25) is 0 Å². The van der Waals surface area contributed by atoms with Gasteiger partial charge in [0.15, 0.2) is 0 Å². The number of amides is 1. The fourth-order valence-electron chi connectivity index (χ4n) is 2.94. The van der Waals surface area contributed by atoms with Gasteiger partial charge in [0.25, 0.3) is 11.1 Å². The predicted molar refractivity (Wildman–Crippen MR) is 108 cm³/mol. The first-order valence-electron chi connectivity index (χ1n) is 9.67. The molecule has 1 aromatic heterocycles. The zero-order valence-electron chi connectivity index (χ0n) is 16.8. The van der Waals surface area contributed by atoms with E-state index in [1.54, 1.807) is 16.7 Å². The SMILES string of the molecule is CC(C)(C)c1ccc(C(=O)NCc2nnc(SCC[NH+]3CCOCC3)o2)cc1. The van der Waals surface area contributed by atoms with Gasteiger partial charge in [0.05, 0.1) is 32.1 Å². The lowest BCUT2D eigenvalue weighted by atomic mass is 9.87. The fourth-order valence-corrected chi connectivity index (χ4v) is 3.76. The van der Waals surface area contributed by atoms with E-state index >= 15 is 0 Å². The number of ether oxygens (including phenoxy) is 1. The average molecular weight is 406 g/mol. The van der Waals surface area contributed by atoms with Crippen LogP contribution in [0, 0.1) is 0 Å². The molecule has 8 heteroatoms. The topological polar surface area (TPSA) is 81.7 Å². The molecule has 3 rings (SSSR count). The number of benzene rings is 1. The maximum absolute atomic E-state index is 12.3. The summed E-state index contributed by atoms with van der Waals surface area (Å²) in [7, 11) is 0. The van der Waals surface area contributed by atoms with Crippen LogP contribution in [0.5, 0.6) is 0 Å². The number of aromatic nitrogens is 2. The van der Waals surface area contributed by atoms with E-state index in [4.69, 9.17) is 9.15 Å². The summed E-state index contributed by atoms with van der Waals surface area (Å²) in [5.41, 5.74) is 1.88. The number of carbonyl (C=O) groups is 1. The second-order valence-electron chi connectivity index (χ2n) is 7.93. The third kappa shape index (κ3) is 6.05. The first-order chi connectivity index (χ1) is 13.4. The van der Waals surface area contributed by atoms with Gasteiger partial charge in [-0.1, -0.05) is 44.7 Å². The molecular weight excluding hydrogens is 376 g/mol. The average Bonchev–Trinajstić information content (AvgIpc) is 3.14. The van der Waals surface area contributed by atoms with Gasteiger partial charge < -0.3 is 19.4 Å². The molecule has 0 unspecified atom stereocenters. The molecule has 0 radical (unpaired) electrons. The summed E-state index contributed by atoms with van der Waals surface area (Å²) in [6.45, 7) is 11.5. The lowest BCUT2D eigenvalue weighted by Crippen LogP contribution is -3.14. The Morgan fingerprint density at radius 1 is 1.18 bits per heavy atom. The molecule has 152 valence electrons. The number of nitrogens with zero attached hydrogens (tertiary/aromatic N) is 2. The van der Waals surface area contributed by atoms with Crippen molar-refractivity contribution in [2.75, 3.05) is 38.6 Å². The van der Waals surface area contributed by atoms with Crippen LogP contribution < -0.4 is 10.2 Å². The molecule has 2 heterocycles. The van der Waals surface area contributed by atoms with Gasteiger partial charge in [0, 0.05) is 5.56 Å². The molecule has 1 fully saturated rings. The van der Waals surface area contributed by atoms with E-state index in [0.29, 0.717) is 16.7 Å². The number of carbonyl (C=O) groups excluding carboxylic acids is 1. The minimum Gasteiger partial charge on any atom is -0.414 e. The highest BCUT2D eigenvalue weighted by Crippen LogP contribution is 2.22. The number of morpholine rings is 1. The van der Waals surface area contributed by atoms with Crippen LogP contribution >= 0.6 is 11.8 Å². The number of hydrogen-bond acceptors (Lipinski definition) is 6. The van der Waals surface area contributed by atoms with Crippen LogP contribution in [-0.4, -0.2) is 54.7 Å². The smallest absolute Gasteiger partial charge is 0.276 e. The second-order valence-corrected chi connectivity index (χ2v) is 8.98. The van der Waals surface area contributed by atoms with Crippen LogP contribution in [0.4, 0.5) is 0 Å². The molecule has 2 N–H and O–H groups in total. The molecule has 0 saturated carbocycles. The van der Waals surface area contributed by atoms with Gasteiger partial charge >= 0.3 is 0 Å². The Labute approximate surface area is 170 Å². The molecule has 1 saturated heterocycles. The summed E-state index contributed by atoms with van der Waals surface area (Å²) in [6, 6.07) is 7.68. The highest BCUT2D eigenvalue weighted by molar-refractivity contribution is 7.99. The summed E-state index contributed by atoms with van der Waals surface area (Å²) in [5, 5.41) is 11.4. The van der Waals surface area contributed by atoms with E-state index < -0.39 is 0 Å². The number of thioether (sulfide) groups is 1. The van der Waals surface area contributed by atoms with Crippen molar-refractivity contribution in [2.45, 2.75) is 38.0 Å². The number of nitrogens with one attached hydrogen (secondary N) is 2. The normalized spacial score (nSPS) is 15.5. The third-order valence-corrected chi connectivity index (χ3v) is 5.56. The molecule has 0 atom stereocenters. The molecule has 1 aromatic carbocycles. The maximum atomic E-state index is 12.3. The van der Waals surface area contributed by atoms with Crippen molar-refractivity contribution in [1.29, 1.82) is 0 Å². The fraction of sp³-hybridized carbons (Fsp3) is 0.550. The van der Waals surface area contributed by atoms with Crippen molar-refractivity contribution in [3.63, 3.8) is 0 Å². The van der Waals surface area contributed by atoms with Crippen molar-refractivity contribution < 1.29 is 18.8 Å². The highest BCUT2D eigenvalue weighted by atomic mass is 32.2. The van der Waals surface area contributed by atoms with E-state index in [-0.39, 0.29) is 17.9 Å². The minimum absolute atomic E-state index is 0.0656. The van der Waals surface area contributed by atoms with Crippen molar-refractivity contribution in [2.24, 2.45) is 0 Å². The summed E-state index contributed by atoms with van der Waals surface area (Å²) in [4.78, 5) is 13.9. The van der Waals surface area contributed by atoms with Crippen LogP contribution in [0.1, 0.15) is 42.6 Å². The quantitative estimate of drug-likeness (QED) is 0.676. The lowest BCUT2D eigenvalue weighted by molar-refractivity contribution is -0.905. The number of quaternary nitrogens is 1. The largest absolute Gasteiger partial charge is 0.414 e. The molecule has 1 amide bonds. The Bertz CT molecular complexity index is 765. The lowest BCUT2D eigenvalue weighted by Gasteiger charge is -2.23. The Kier molecular flexibility index (Phi) is 7.09. The Hall–Kier alpha value is -1.90. The number of hydrogen-bond donors (Lipinski definition) is 2. The van der Waals surface area contributed by atoms with Gasteiger partial charge in [0.2, 0.25) is 5.89 Å². The molecule has 0 spiro atoms. The molecule has 0 bridgehead atoms. The summed E-state index contributed by atoms with van der Waals surface area (Å²) in [5.74, 6) is 1.19. The van der Waals surface area contributed by atoms with Gasteiger partial charge in [-0.2, -0.15) is 0 Å². The summed E-state index contributed by atoms with van der Waals surface area (Å²) < 4.78 is 11.0. The second kappa shape index (κ2) is 9.54. The summed E-state index contributed by atoms with van der Waals surface area (Å²) in [6.07, 6.45) is 0. The molecule has 1 aliphatic rings. The van der Waals surface area contributed by atoms with Crippen LogP contribution in [0.15, 0.2) is 33.9 Å². The molecule has 0 aliphatic carbocycles. The van der Waals surface area contributed by atoms with Gasteiger partial charge in [-0.25, -0.2) is 0 Å². The van der Waals surface area contributed by atoms with Crippen LogP contribution in [0.3, 0.4) is 0 Å². The monoisotopic (exact) mass is 405 g/mol. The summed E-state index contributed by atoms with van der Waals surface area (Å²) >= 11 is 1.55. The van der Waals surface area contributed by atoms with Gasteiger partial charge in [-0.15, -0.1) is 10.2 Å². The zero-order valence-corrected chi connectivity index (χ0v) is 17.6. The first-order valence-corrected chi connectivity index (χ1v) is 10.7. The van der Waals surface area contributed by atoms with Crippen molar-refractivity contribution in [3.8, 4) is 0 Å². The Morgan fingerprint density at radius 2 is 1.89 bits per heavy atom. The first kappa shape index (κ1) is 20.8. The van der Waals surface area contributed by atoms with Crippen LogP contribution in [0.25, 0.3) is 0 Å². The highest BCUT2D eigenvalue weighted by Gasteiger charge is 2.16. The van der Waals surface area contributed by atoms with Gasteiger partial charge in [-0.3, -0.25) is 4.79 Å². The maximum Gasteiger partial charge on any atom is 0.276 e. The van der Waals surface area contributed by atoms with E-state index in [0.717, 1.165) is 38.6 Å². The van der Waals surface area contributed by atoms with Gasteiger partial charge in [0.1, 0.15) is 13.1 Å². The molecule has 1 aliphatic heterocycles. The van der Waals surface area contributed by atoms with E-state index in [1.165, 1.54) is 5.56 Å². The van der Waals surface area contributed by atoms with Crippen molar-refractivity contribution >= 4 is 17.7 Å². The van der Waals surface area contributed by atoms with Crippen molar-refractivity contribution in [3.05, 3.63) is 41.3 Å². The van der Waals surface area contributed by atoms with Crippen LogP contribution in [-0.2, 0) is 16.7 Å². The standard InChI is InChI=1S/C20H28N4O3S/c1-20(2,3)16-6-4-15(5-7-16)18(25)21-14-17-22-23-19(27-17)28-13-10-24-8-11-26-12-9-24/h4-7H,8-14H2,1-3H3,(H,21,25)/p+1. The third-order valence-electron chi connectivity index (χ3n) is 4.74. The molecule has 28 heavy (non-hydrogen) atoms. The minimum atomic E-state index is -0.149. The molecule has 7 nitrogen and oxygen atoms in total. The zero-order chi connectivity index (χ0) is 20.0. The predicted octanol–water partition coefficient (Wildman–Crippen LogP) is 1.30. The van der Waals surface area contributed by atoms with Crippen molar-refractivity contribution in [1.82, 2.24) is 15.5 Å². The Balaban J connectivity index is 1.42. The molecule has 2 aromatic rings. The Morgan fingerprint density at radius 3 is 2.57 bits per heavy atom. The van der Waals surface area contributed by atoms with E-state index in [1.807, 2.05) is 24.3 Å². The van der Waals surface area contributed by atoms with E-state index in [9.17, 15) is 4.79 Å². The number of rotatable bonds is 7. The molecular formula is C20H29N4O3S+.